The van der Waals surface area contributed by atoms with Gasteiger partial charge in [0.2, 0.25) is 5.78 Å². The summed E-state index contributed by atoms with van der Waals surface area (Å²) in [4.78, 5) is 33.0. The predicted molar refractivity (Wildman–Crippen MR) is 97.1 cm³/mol. The quantitative estimate of drug-likeness (QED) is 0.463. The van der Waals surface area contributed by atoms with Gasteiger partial charge in [0.15, 0.2) is 0 Å². The molecule has 0 amide bonds. The van der Waals surface area contributed by atoms with Crippen LogP contribution in [0.4, 0.5) is 13.2 Å². The first-order valence-electron chi connectivity index (χ1n) is 8.16. The van der Waals surface area contributed by atoms with Crippen LogP contribution in [0.1, 0.15) is 13.3 Å². The number of alkyl halides is 3. The molecule has 3 rings (SSSR count). The standard InChI is InChI=1S/C15H11N3.C5H5F3O2.Eu/c1-3-9-16-13(7-1)12-6-5-11-18-15(12)14-8-2-4-10-17-14;1-3(9)2-4(10)5(6,7)8;/h1-11H;2H2,1H3;. The molecule has 3 aromatic rings. The molecule has 0 aliphatic heterocycles. The van der Waals surface area contributed by atoms with E-state index in [1.165, 1.54) is 0 Å². The maximum Gasteiger partial charge on any atom is 0.450 e. The molecule has 0 bridgehead atoms. The van der Waals surface area contributed by atoms with Gasteiger partial charge in [0.05, 0.1) is 23.5 Å². The van der Waals surface area contributed by atoms with E-state index in [0.717, 1.165) is 29.6 Å². The fraction of sp³-hybridized carbons (Fsp3) is 0.150. The average molecular weight is 539 g/mol. The Morgan fingerprint density at radius 2 is 1.38 bits per heavy atom. The first kappa shape index (κ1) is 25.2. The summed E-state index contributed by atoms with van der Waals surface area (Å²) >= 11 is 0. The summed E-state index contributed by atoms with van der Waals surface area (Å²) in [5.74, 6) is -2.76. The molecule has 0 fully saturated rings. The molecule has 0 unspecified atom stereocenters. The summed E-state index contributed by atoms with van der Waals surface area (Å²) in [6.45, 7) is 0.934. The zero-order valence-electron chi connectivity index (χ0n) is 15.2. The molecule has 5 nitrogen and oxygen atoms in total. The Labute approximate surface area is 206 Å². The molecule has 0 aliphatic rings. The van der Waals surface area contributed by atoms with Gasteiger partial charge in [-0.2, -0.15) is 13.2 Å². The number of ketones is 2. The fourth-order valence-electron chi connectivity index (χ4n) is 2.17. The van der Waals surface area contributed by atoms with Crippen LogP contribution in [-0.4, -0.2) is 32.7 Å². The monoisotopic (exact) mass is 540 g/mol. The smallest absolute Gasteiger partial charge is 0.300 e. The van der Waals surface area contributed by atoms with Gasteiger partial charge in [-0.05, 0) is 43.3 Å². The Morgan fingerprint density at radius 3 is 1.83 bits per heavy atom. The number of hydrogen-bond acceptors (Lipinski definition) is 5. The topological polar surface area (TPSA) is 72.8 Å². The fourth-order valence-corrected chi connectivity index (χ4v) is 2.17. The van der Waals surface area contributed by atoms with Gasteiger partial charge >= 0.3 is 6.18 Å². The van der Waals surface area contributed by atoms with Crippen LogP contribution in [0.25, 0.3) is 22.6 Å². The second-order valence-corrected chi connectivity index (χ2v) is 5.63. The first-order valence-corrected chi connectivity index (χ1v) is 8.16. The van der Waals surface area contributed by atoms with Gasteiger partial charge in [-0.15, -0.1) is 0 Å². The van der Waals surface area contributed by atoms with E-state index >= 15 is 0 Å². The van der Waals surface area contributed by atoms with Crippen molar-refractivity contribution in [2.75, 3.05) is 0 Å². The van der Waals surface area contributed by atoms with Gasteiger partial charge < -0.3 is 0 Å². The van der Waals surface area contributed by atoms with Crippen LogP contribution in [0.3, 0.4) is 0 Å². The first-order chi connectivity index (χ1) is 13.3. The summed E-state index contributed by atoms with van der Waals surface area (Å²) in [6, 6.07) is 15.6. The van der Waals surface area contributed by atoms with Gasteiger partial charge in [-0.1, -0.05) is 12.1 Å². The Balaban J connectivity index is 0.000000332. The summed E-state index contributed by atoms with van der Waals surface area (Å²) in [7, 11) is 0. The van der Waals surface area contributed by atoms with Crippen LogP contribution < -0.4 is 0 Å². The van der Waals surface area contributed by atoms with Crippen LogP contribution >= 0.6 is 0 Å². The minimum Gasteiger partial charge on any atom is -0.300 e. The Hall–Kier alpha value is -1.84. The number of carbonyl (C=O) groups excluding carboxylic acids is 2. The maximum absolute atomic E-state index is 11.3. The van der Waals surface area contributed by atoms with E-state index in [-0.39, 0.29) is 49.4 Å². The Bertz CT molecular complexity index is 878. The summed E-state index contributed by atoms with van der Waals surface area (Å²) in [5.41, 5.74) is 3.62. The number of carbonyl (C=O) groups is 2. The van der Waals surface area contributed by atoms with Crippen molar-refractivity contribution in [3.8, 4) is 22.6 Å². The second kappa shape index (κ2) is 12.0. The molecule has 0 atom stereocenters. The van der Waals surface area contributed by atoms with Crippen molar-refractivity contribution in [1.29, 1.82) is 0 Å². The number of aromatic nitrogens is 3. The average Bonchev–Trinajstić information content (AvgIpc) is 2.69. The summed E-state index contributed by atoms with van der Waals surface area (Å²) in [5, 5.41) is 0. The molecule has 0 aromatic carbocycles. The maximum atomic E-state index is 11.3. The molecule has 0 spiro atoms. The Morgan fingerprint density at radius 1 is 0.828 bits per heavy atom. The number of Topliss-reactive ketones (excluding diaryl/α,β-unsaturated/α-hetero) is 2. The SMILES string of the molecule is CC(=O)CC(=O)C(F)(F)F.[Eu].c1ccc(-c2cccnc2-c2ccccn2)nc1. The molecule has 151 valence electrons. The molecular formula is C20H16EuF3N3O2. The third-order valence-corrected chi connectivity index (χ3v) is 3.38. The van der Waals surface area contributed by atoms with Gasteiger partial charge in [-0.25, -0.2) is 0 Å². The van der Waals surface area contributed by atoms with Crippen molar-refractivity contribution in [3.63, 3.8) is 0 Å². The van der Waals surface area contributed by atoms with Crippen molar-refractivity contribution >= 4 is 11.6 Å². The van der Waals surface area contributed by atoms with Crippen LogP contribution in [-0.2, 0) is 9.59 Å². The van der Waals surface area contributed by atoms with Crippen LogP contribution in [0.15, 0.2) is 67.1 Å². The summed E-state index contributed by atoms with van der Waals surface area (Å²) < 4.78 is 33.9. The van der Waals surface area contributed by atoms with Gasteiger partial charge in [-0.3, -0.25) is 24.5 Å². The number of rotatable bonds is 4. The molecule has 0 saturated heterocycles. The normalized spacial score (nSPS) is 10.2. The van der Waals surface area contributed by atoms with Crippen LogP contribution in [0.5, 0.6) is 0 Å². The number of halogens is 3. The molecule has 3 heterocycles. The number of nitrogens with zero attached hydrogens (tertiary/aromatic N) is 3. The van der Waals surface area contributed by atoms with E-state index in [9.17, 15) is 22.8 Å². The predicted octanol–water partition coefficient (Wildman–Crippen LogP) is 4.30. The minimum atomic E-state index is -4.87. The molecule has 0 aliphatic carbocycles. The third kappa shape index (κ3) is 8.20. The third-order valence-electron chi connectivity index (χ3n) is 3.38. The van der Waals surface area contributed by atoms with E-state index < -0.39 is 24.2 Å². The minimum absolute atomic E-state index is 0. The largest absolute Gasteiger partial charge is 0.450 e. The van der Waals surface area contributed by atoms with Crippen molar-refractivity contribution in [3.05, 3.63) is 67.1 Å². The van der Waals surface area contributed by atoms with E-state index in [4.69, 9.17) is 0 Å². The van der Waals surface area contributed by atoms with Crippen LogP contribution in [0, 0.1) is 49.4 Å². The number of hydrogen-bond donors (Lipinski definition) is 0. The molecule has 1 radical (unpaired) electrons. The zero-order chi connectivity index (χ0) is 20.6. The van der Waals surface area contributed by atoms with E-state index in [1.54, 1.807) is 18.6 Å². The number of pyridine rings is 3. The molecule has 0 N–H and O–H groups in total. The van der Waals surface area contributed by atoms with Crippen LogP contribution in [0.2, 0.25) is 0 Å². The van der Waals surface area contributed by atoms with Gasteiger partial charge in [0.1, 0.15) is 5.78 Å². The zero-order valence-corrected chi connectivity index (χ0v) is 17.7. The molecule has 29 heavy (non-hydrogen) atoms. The summed E-state index contributed by atoms with van der Waals surface area (Å²) in [6.07, 6.45) is -0.595. The van der Waals surface area contributed by atoms with Crippen molar-refractivity contribution in [2.45, 2.75) is 19.5 Å². The second-order valence-electron chi connectivity index (χ2n) is 5.63. The molecule has 3 aromatic heterocycles. The van der Waals surface area contributed by atoms with Crippen molar-refractivity contribution in [1.82, 2.24) is 15.0 Å². The van der Waals surface area contributed by atoms with Crippen molar-refractivity contribution < 1.29 is 72.1 Å². The van der Waals surface area contributed by atoms with E-state index in [2.05, 4.69) is 15.0 Å². The Kier molecular flexibility index (Phi) is 10.4. The van der Waals surface area contributed by atoms with E-state index in [1.807, 2.05) is 48.5 Å². The molecule has 0 saturated carbocycles. The van der Waals surface area contributed by atoms with Gasteiger partial charge in [0, 0.05) is 73.5 Å². The van der Waals surface area contributed by atoms with E-state index in [0.29, 0.717) is 0 Å². The van der Waals surface area contributed by atoms with Crippen molar-refractivity contribution in [2.24, 2.45) is 0 Å². The molecule has 9 heteroatoms. The van der Waals surface area contributed by atoms with Gasteiger partial charge in [0.25, 0.3) is 0 Å². The molecular weight excluding hydrogens is 523 g/mol.